The number of carbonyl (C=O) groups is 1. The molecule has 2 N–H and O–H groups in total. The molecule has 6 nitrogen and oxygen atoms in total. The highest BCUT2D eigenvalue weighted by atomic mass is 32.2. The fraction of sp³-hybridized carbons (Fsp3) is 0.500. The Kier molecular flexibility index (Phi) is 7.66. The van der Waals surface area contributed by atoms with E-state index in [-0.39, 0.29) is 35.3 Å². The summed E-state index contributed by atoms with van der Waals surface area (Å²) in [6.07, 6.45) is -1.56. The Balaban J connectivity index is 1.54. The number of anilines is 1. The molecule has 1 aliphatic heterocycles. The van der Waals surface area contributed by atoms with Crippen LogP contribution in [0.1, 0.15) is 47.6 Å². The van der Waals surface area contributed by atoms with E-state index in [4.69, 9.17) is 5.73 Å². The van der Waals surface area contributed by atoms with Crippen molar-refractivity contribution in [1.82, 2.24) is 4.90 Å². The second-order valence-electron chi connectivity index (χ2n) is 9.94. The predicted octanol–water partition coefficient (Wildman–Crippen LogP) is 4.42. The number of alkyl halides is 3. The number of nitrogens with two attached hydrogens (primary N) is 1. The van der Waals surface area contributed by atoms with Gasteiger partial charge in [-0.1, -0.05) is 30.3 Å². The van der Waals surface area contributed by atoms with E-state index in [9.17, 15) is 26.4 Å². The fourth-order valence-electron chi connectivity index (χ4n) is 5.49. The molecule has 1 saturated heterocycles. The van der Waals surface area contributed by atoms with Crippen molar-refractivity contribution in [3.8, 4) is 0 Å². The van der Waals surface area contributed by atoms with Gasteiger partial charge in [-0.15, -0.1) is 0 Å². The Bertz CT molecular complexity index is 1180. The summed E-state index contributed by atoms with van der Waals surface area (Å²) in [7, 11) is -3.67. The van der Waals surface area contributed by atoms with Gasteiger partial charge >= 0.3 is 6.18 Å². The number of piperazine rings is 1. The first kappa shape index (κ1) is 26.5. The predicted molar refractivity (Wildman–Crippen MR) is 133 cm³/mol. The van der Waals surface area contributed by atoms with E-state index in [2.05, 4.69) is 9.80 Å². The molecule has 2 aliphatic rings. The number of carbonyl (C=O) groups excluding carboxylic acids is 1. The number of sulfone groups is 1. The van der Waals surface area contributed by atoms with Crippen molar-refractivity contribution in [2.45, 2.75) is 42.8 Å². The normalized spacial score (nSPS) is 24.0. The zero-order valence-electron chi connectivity index (χ0n) is 20.2. The minimum Gasteiger partial charge on any atom is -0.368 e. The fourth-order valence-corrected chi connectivity index (χ4v) is 6.39. The summed E-state index contributed by atoms with van der Waals surface area (Å²) in [6, 6.07) is 14.6. The molecule has 1 heterocycles. The van der Waals surface area contributed by atoms with Crippen LogP contribution in [0.4, 0.5) is 18.9 Å². The third-order valence-corrected chi connectivity index (χ3v) is 8.61. The summed E-state index contributed by atoms with van der Waals surface area (Å²) < 4.78 is 64.0. The molecule has 0 aromatic heterocycles. The summed E-state index contributed by atoms with van der Waals surface area (Å²) in [6.45, 7) is 2.62. The van der Waals surface area contributed by atoms with Crippen LogP contribution in [0.5, 0.6) is 0 Å². The van der Waals surface area contributed by atoms with E-state index >= 15 is 0 Å². The Morgan fingerprint density at radius 2 is 1.69 bits per heavy atom. The van der Waals surface area contributed by atoms with Crippen molar-refractivity contribution in [2.75, 3.05) is 37.3 Å². The van der Waals surface area contributed by atoms with Gasteiger partial charge in [0.15, 0.2) is 9.84 Å². The Labute approximate surface area is 210 Å². The number of primary amides is 1. The summed E-state index contributed by atoms with van der Waals surface area (Å²) >= 11 is 0. The number of hydrogen-bond acceptors (Lipinski definition) is 5. The van der Waals surface area contributed by atoms with Crippen LogP contribution in [-0.2, 0) is 9.84 Å². The van der Waals surface area contributed by atoms with E-state index in [1.807, 2.05) is 30.3 Å². The number of benzene rings is 2. The monoisotopic (exact) mass is 523 g/mol. The molecule has 2 aromatic carbocycles. The first-order valence-electron chi connectivity index (χ1n) is 12.2. The maximum Gasteiger partial charge on any atom is 0.391 e. The molecule has 10 heteroatoms. The quantitative estimate of drug-likeness (QED) is 0.606. The summed E-state index contributed by atoms with van der Waals surface area (Å²) in [5.41, 5.74) is 7.14. The van der Waals surface area contributed by atoms with Gasteiger partial charge in [0.2, 0.25) is 5.91 Å². The third-order valence-electron chi connectivity index (χ3n) is 7.47. The molecule has 1 atom stereocenters. The highest BCUT2D eigenvalue weighted by Crippen LogP contribution is 2.40. The first-order valence-corrected chi connectivity index (χ1v) is 14.1. The number of hydrogen-bond donors (Lipinski definition) is 1. The molecule has 1 aliphatic carbocycles. The van der Waals surface area contributed by atoms with Crippen LogP contribution in [0.3, 0.4) is 0 Å². The van der Waals surface area contributed by atoms with Gasteiger partial charge in [-0.05, 0) is 55.4 Å². The molecule has 0 bridgehead atoms. The molecule has 1 amide bonds. The van der Waals surface area contributed by atoms with Crippen molar-refractivity contribution in [2.24, 2.45) is 17.6 Å². The first-order chi connectivity index (χ1) is 16.9. The van der Waals surface area contributed by atoms with Gasteiger partial charge in [-0.25, -0.2) is 8.42 Å². The Morgan fingerprint density at radius 3 is 2.28 bits per heavy atom. The lowest BCUT2D eigenvalue weighted by Gasteiger charge is -2.45. The molecular weight excluding hydrogens is 491 g/mol. The molecular formula is C26H32F3N3O3S. The molecule has 0 radical (unpaired) electrons. The average Bonchev–Trinajstić information content (AvgIpc) is 2.83. The Hall–Kier alpha value is -2.59. The second kappa shape index (κ2) is 10.4. The molecule has 0 spiro atoms. The van der Waals surface area contributed by atoms with Gasteiger partial charge in [-0.3, -0.25) is 9.69 Å². The van der Waals surface area contributed by atoms with Crippen LogP contribution in [0.2, 0.25) is 0 Å². The SMILES string of the molecule is CS(=O)(=O)c1cc(N2CCN(C[C@H]3CC[C@@H](C(F)(F)F)CC3)[C@@H](c3ccccc3)C2)ccc1C(N)=O. The Morgan fingerprint density at radius 1 is 1.03 bits per heavy atom. The number of halogens is 3. The number of nitrogens with zero attached hydrogens (tertiary/aromatic N) is 2. The van der Waals surface area contributed by atoms with Gasteiger partial charge in [0.1, 0.15) is 0 Å². The molecule has 36 heavy (non-hydrogen) atoms. The summed E-state index contributed by atoms with van der Waals surface area (Å²) in [5.74, 6) is -1.77. The smallest absolute Gasteiger partial charge is 0.368 e. The van der Waals surface area contributed by atoms with E-state index in [0.717, 1.165) is 18.4 Å². The van der Waals surface area contributed by atoms with Crippen molar-refractivity contribution < 1.29 is 26.4 Å². The van der Waals surface area contributed by atoms with Crippen LogP contribution in [0, 0.1) is 11.8 Å². The maximum atomic E-state index is 13.1. The van der Waals surface area contributed by atoms with Crippen LogP contribution < -0.4 is 10.6 Å². The third kappa shape index (κ3) is 6.03. The lowest BCUT2D eigenvalue weighted by Crippen LogP contribution is -2.50. The molecule has 2 fully saturated rings. The average molecular weight is 524 g/mol. The minimum atomic E-state index is -4.11. The van der Waals surface area contributed by atoms with Crippen molar-refractivity contribution in [3.63, 3.8) is 0 Å². The largest absolute Gasteiger partial charge is 0.391 e. The molecule has 2 aromatic rings. The van der Waals surface area contributed by atoms with Crippen molar-refractivity contribution in [3.05, 3.63) is 59.7 Å². The van der Waals surface area contributed by atoms with Gasteiger partial charge in [0.05, 0.1) is 22.4 Å². The number of rotatable bonds is 6. The summed E-state index contributed by atoms with van der Waals surface area (Å²) in [5, 5.41) is 0. The maximum absolute atomic E-state index is 13.1. The minimum absolute atomic E-state index is 0.00205. The van der Waals surface area contributed by atoms with E-state index < -0.39 is 27.8 Å². The van der Waals surface area contributed by atoms with Crippen LogP contribution in [0.15, 0.2) is 53.4 Å². The molecule has 196 valence electrons. The summed E-state index contributed by atoms with van der Waals surface area (Å²) in [4.78, 5) is 16.1. The van der Waals surface area contributed by atoms with Gasteiger partial charge < -0.3 is 10.6 Å². The second-order valence-corrected chi connectivity index (χ2v) is 11.9. The standard InChI is InChI=1S/C26H32F3N3O3S/c1-36(34,35)24-15-21(11-12-22(24)25(30)33)31-13-14-32(23(17-31)19-5-3-2-4-6-19)16-18-7-9-20(10-8-18)26(27,28)29/h2-6,11-12,15,18,20,23H,7-10,13-14,16-17H2,1H3,(H2,30,33)/t18-,20+,23-/m1/s1. The highest BCUT2D eigenvalue weighted by Gasteiger charge is 2.42. The molecule has 4 rings (SSSR count). The zero-order valence-corrected chi connectivity index (χ0v) is 21.1. The molecule has 1 saturated carbocycles. The van der Waals surface area contributed by atoms with Gasteiger partial charge in [0, 0.05) is 38.1 Å². The highest BCUT2D eigenvalue weighted by molar-refractivity contribution is 7.90. The zero-order chi connectivity index (χ0) is 26.1. The van der Waals surface area contributed by atoms with Gasteiger partial charge in [0.25, 0.3) is 0 Å². The van der Waals surface area contributed by atoms with Crippen LogP contribution in [-0.4, -0.2) is 57.8 Å². The van der Waals surface area contributed by atoms with E-state index in [0.29, 0.717) is 38.2 Å². The topological polar surface area (TPSA) is 83.7 Å². The lowest BCUT2D eigenvalue weighted by atomic mass is 9.81. The number of amides is 1. The van der Waals surface area contributed by atoms with E-state index in [1.165, 1.54) is 12.1 Å². The van der Waals surface area contributed by atoms with Crippen molar-refractivity contribution >= 4 is 21.4 Å². The van der Waals surface area contributed by atoms with Crippen molar-refractivity contribution in [1.29, 1.82) is 0 Å². The van der Waals surface area contributed by atoms with E-state index in [1.54, 1.807) is 6.07 Å². The van der Waals surface area contributed by atoms with Crippen LogP contribution in [0.25, 0.3) is 0 Å². The van der Waals surface area contributed by atoms with Gasteiger partial charge in [-0.2, -0.15) is 13.2 Å². The lowest BCUT2D eigenvalue weighted by molar-refractivity contribution is -0.184. The molecule has 0 unspecified atom stereocenters. The van der Waals surface area contributed by atoms with Crippen LogP contribution >= 0.6 is 0 Å².